The van der Waals surface area contributed by atoms with E-state index in [0.29, 0.717) is 13.2 Å². The molecule has 0 atom stereocenters. The standard InChI is InChI=1S/C10H22NO2.ClH/c1-5-11(6-2,7-3)9-10(12)13-8-4;/h5-9H2,1-4H3;1H/q+1;/p-1. The lowest BCUT2D eigenvalue weighted by atomic mass is 10.3. The number of likely N-dealkylation sites (N-methyl/N-ethyl adjacent to an activating group) is 1. The molecule has 0 aromatic heterocycles. The van der Waals surface area contributed by atoms with Gasteiger partial charge >= 0.3 is 5.97 Å². The smallest absolute Gasteiger partial charge is 0.361 e. The van der Waals surface area contributed by atoms with Gasteiger partial charge in [-0.2, -0.15) is 0 Å². The van der Waals surface area contributed by atoms with Gasteiger partial charge in [-0.1, -0.05) is 0 Å². The first-order valence-electron chi connectivity index (χ1n) is 5.14. The first-order chi connectivity index (χ1) is 6.14. The van der Waals surface area contributed by atoms with E-state index in [4.69, 9.17) is 4.74 Å². The number of carbonyl (C=O) groups is 1. The number of hydrogen-bond acceptors (Lipinski definition) is 2. The molecule has 0 aromatic carbocycles. The molecule has 0 aliphatic carbocycles. The van der Waals surface area contributed by atoms with E-state index in [2.05, 4.69) is 20.8 Å². The van der Waals surface area contributed by atoms with E-state index < -0.39 is 0 Å². The summed E-state index contributed by atoms with van der Waals surface area (Å²) in [5.74, 6) is -0.0759. The van der Waals surface area contributed by atoms with E-state index in [1.807, 2.05) is 6.92 Å². The van der Waals surface area contributed by atoms with Crippen LogP contribution in [-0.4, -0.2) is 43.2 Å². The summed E-state index contributed by atoms with van der Waals surface area (Å²) in [7, 11) is 0. The molecule has 0 heterocycles. The van der Waals surface area contributed by atoms with Gasteiger partial charge in [-0.15, -0.1) is 0 Å². The molecular weight excluding hydrogens is 202 g/mol. The van der Waals surface area contributed by atoms with E-state index in [-0.39, 0.29) is 18.4 Å². The van der Waals surface area contributed by atoms with Gasteiger partial charge in [0.15, 0.2) is 6.54 Å². The monoisotopic (exact) mass is 223 g/mol. The van der Waals surface area contributed by atoms with Crippen LogP contribution in [0, 0.1) is 0 Å². The topological polar surface area (TPSA) is 26.3 Å². The van der Waals surface area contributed by atoms with Crippen molar-refractivity contribution in [3.63, 3.8) is 0 Å². The Morgan fingerprint density at radius 2 is 1.50 bits per heavy atom. The van der Waals surface area contributed by atoms with Crippen LogP contribution >= 0.6 is 0 Å². The third-order valence-electron chi connectivity index (χ3n) is 2.78. The highest BCUT2D eigenvalue weighted by Crippen LogP contribution is 2.05. The maximum absolute atomic E-state index is 11.3. The predicted octanol–water partition coefficient (Wildman–Crippen LogP) is -1.57. The molecule has 0 saturated heterocycles. The highest BCUT2D eigenvalue weighted by atomic mass is 35.5. The van der Waals surface area contributed by atoms with E-state index in [0.717, 1.165) is 24.1 Å². The average Bonchev–Trinajstić information content (AvgIpc) is 2.15. The number of esters is 1. The molecule has 0 rings (SSSR count). The third-order valence-corrected chi connectivity index (χ3v) is 2.78. The van der Waals surface area contributed by atoms with E-state index in [1.54, 1.807) is 0 Å². The maximum Gasteiger partial charge on any atom is 0.361 e. The number of ether oxygens (including phenoxy) is 1. The number of nitrogens with zero attached hydrogens (tertiary/aromatic N) is 1. The Morgan fingerprint density at radius 1 is 1.07 bits per heavy atom. The van der Waals surface area contributed by atoms with Crippen LogP contribution in [0.1, 0.15) is 27.7 Å². The van der Waals surface area contributed by atoms with Crippen molar-refractivity contribution in [2.75, 3.05) is 32.8 Å². The summed E-state index contributed by atoms with van der Waals surface area (Å²) in [5.41, 5.74) is 0. The van der Waals surface area contributed by atoms with Gasteiger partial charge in [-0.05, 0) is 27.7 Å². The van der Waals surface area contributed by atoms with Gasteiger partial charge < -0.3 is 21.6 Å². The SMILES string of the molecule is CCOC(=O)C[N+](CC)(CC)CC.[Cl-]. The molecule has 0 saturated carbocycles. The fourth-order valence-electron chi connectivity index (χ4n) is 1.49. The molecular formula is C10H22ClNO2. The highest BCUT2D eigenvalue weighted by molar-refractivity contribution is 5.70. The Bertz CT molecular complexity index is 150. The van der Waals surface area contributed by atoms with Gasteiger partial charge in [0.1, 0.15) is 0 Å². The van der Waals surface area contributed by atoms with Crippen molar-refractivity contribution < 1.29 is 26.4 Å². The van der Waals surface area contributed by atoms with Crippen LogP contribution in [0.5, 0.6) is 0 Å². The lowest BCUT2D eigenvalue weighted by molar-refractivity contribution is -0.916. The van der Waals surface area contributed by atoms with Crippen molar-refractivity contribution in [1.29, 1.82) is 0 Å². The third kappa shape index (κ3) is 4.82. The molecule has 0 aromatic rings. The zero-order valence-corrected chi connectivity index (χ0v) is 10.4. The molecule has 0 bridgehead atoms. The molecule has 0 unspecified atom stereocenters. The van der Waals surface area contributed by atoms with Gasteiger partial charge in [-0.25, -0.2) is 4.79 Å². The zero-order valence-electron chi connectivity index (χ0n) is 9.68. The van der Waals surface area contributed by atoms with Crippen LogP contribution < -0.4 is 12.4 Å². The highest BCUT2D eigenvalue weighted by Gasteiger charge is 2.25. The summed E-state index contributed by atoms with van der Waals surface area (Å²) in [6.45, 7) is 12.2. The molecule has 0 aliphatic heterocycles. The van der Waals surface area contributed by atoms with Crippen molar-refractivity contribution in [3.8, 4) is 0 Å². The quantitative estimate of drug-likeness (QED) is 0.402. The molecule has 4 heteroatoms. The molecule has 0 spiro atoms. The zero-order chi connectivity index (χ0) is 10.3. The number of halogens is 1. The Hall–Kier alpha value is -0.280. The Kier molecular flexibility index (Phi) is 9.31. The summed E-state index contributed by atoms with van der Waals surface area (Å²) < 4.78 is 5.78. The van der Waals surface area contributed by atoms with Crippen LogP contribution in [0.15, 0.2) is 0 Å². The molecule has 0 radical (unpaired) electrons. The first kappa shape index (κ1) is 16.2. The molecule has 3 nitrogen and oxygen atoms in total. The lowest BCUT2D eigenvalue weighted by Gasteiger charge is -2.34. The van der Waals surface area contributed by atoms with Gasteiger partial charge in [0, 0.05) is 0 Å². The van der Waals surface area contributed by atoms with Crippen LogP contribution in [0.3, 0.4) is 0 Å². The van der Waals surface area contributed by atoms with E-state index >= 15 is 0 Å². The largest absolute Gasteiger partial charge is 1.00 e. The van der Waals surface area contributed by atoms with Crippen LogP contribution in [0.25, 0.3) is 0 Å². The van der Waals surface area contributed by atoms with Crippen molar-refractivity contribution in [1.82, 2.24) is 0 Å². The van der Waals surface area contributed by atoms with Crippen LogP contribution in [0.2, 0.25) is 0 Å². The van der Waals surface area contributed by atoms with E-state index in [9.17, 15) is 4.79 Å². The number of quaternary nitrogens is 1. The van der Waals surface area contributed by atoms with Crippen LogP contribution in [0.4, 0.5) is 0 Å². The first-order valence-corrected chi connectivity index (χ1v) is 5.14. The minimum Gasteiger partial charge on any atom is -1.00 e. The Morgan fingerprint density at radius 3 is 1.79 bits per heavy atom. The molecule has 86 valence electrons. The fourth-order valence-corrected chi connectivity index (χ4v) is 1.49. The van der Waals surface area contributed by atoms with Gasteiger partial charge in [0.25, 0.3) is 0 Å². The summed E-state index contributed by atoms with van der Waals surface area (Å²) in [6, 6.07) is 0. The minimum absolute atomic E-state index is 0. The number of rotatable bonds is 6. The van der Waals surface area contributed by atoms with Crippen LogP contribution in [-0.2, 0) is 9.53 Å². The second kappa shape index (κ2) is 8.06. The molecule has 0 fully saturated rings. The van der Waals surface area contributed by atoms with Gasteiger partial charge in [0.05, 0.1) is 26.2 Å². The molecule has 0 aliphatic rings. The van der Waals surface area contributed by atoms with Gasteiger partial charge in [-0.3, -0.25) is 0 Å². The lowest BCUT2D eigenvalue weighted by Crippen LogP contribution is -3.00. The average molecular weight is 224 g/mol. The number of carbonyl (C=O) groups excluding carboxylic acids is 1. The second-order valence-electron chi connectivity index (χ2n) is 3.25. The van der Waals surface area contributed by atoms with E-state index in [1.165, 1.54) is 0 Å². The maximum atomic E-state index is 11.3. The fraction of sp³-hybridized carbons (Fsp3) is 0.900. The summed E-state index contributed by atoms with van der Waals surface area (Å²) in [6.07, 6.45) is 0. The van der Waals surface area contributed by atoms with Crippen molar-refractivity contribution >= 4 is 5.97 Å². The number of hydrogen-bond donors (Lipinski definition) is 0. The second-order valence-corrected chi connectivity index (χ2v) is 3.25. The Labute approximate surface area is 93.4 Å². The molecule has 0 amide bonds. The summed E-state index contributed by atoms with van der Waals surface area (Å²) >= 11 is 0. The predicted molar refractivity (Wildman–Crippen MR) is 53.4 cm³/mol. The Balaban J connectivity index is 0. The minimum atomic E-state index is -0.0759. The normalized spacial score (nSPS) is 10.6. The molecule has 14 heavy (non-hydrogen) atoms. The van der Waals surface area contributed by atoms with Crippen molar-refractivity contribution in [3.05, 3.63) is 0 Å². The summed E-state index contributed by atoms with van der Waals surface area (Å²) in [5, 5.41) is 0. The van der Waals surface area contributed by atoms with Crippen molar-refractivity contribution in [2.24, 2.45) is 0 Å². The van der Waals surface area contributed by atoms with Crippen molar-refractivity contribution in [2.45, 2.75) is 27.7 Å². The van der Waals surface area contributed by atoms with Gasteiger partial charge in [0.2, 0.25) is 0 Å². The molecule has 0 N–H and O–H groups in total. The summed E-state index contributed by atoms with van der Waals surface area (Å²) in [4.78, 5) is 11.3.